The predicted molar refractivity (Wildman–Crippen MR) is 90.9 cm³/mol. The first-order valence-corrected chi connectivity index (χ1v) is 7.92. The van der Waals surface area contributed by atoms with E-state index in [2.05, 4.69) is 14.9 Å². The van der Waals surface area contributed by atoms with Crippen LogP contribution in [-0.4, -0.2) is 39.7 Å². The first-order valence-electron chi connectivity index (χ1n) is 7.92. The Morgan fingerprint density at radius 2 is 1.96 bits per heavy atom. The van der Waals surface area contributed by atoms with Crippen LogP contribution in [0.25, 0.3) is 11.4 Å². The van der Waals surface area contributed by atoms with Gasteiger partial charge in [-0.2, -0.15) is 0 Å². The maximum atomic E-state index is 10.8. The molecule has 1 N–H and O–H groups in total. The second kappa shape index (κ2) is 6.52. The Bertz CT molecular complexity index is 742. The third-order valence-electron chi connectivity index (χ3n) is 4.31. The molecule has 1 aliphatic carbocycles. The highest BCUT2D eigenvalue weighted by Crippen LogP contribution is 2.29. The van der Waals surface area contributed by atoms with Gasteiger partial charge in [-0.3, -0.25) is 10.1 Å². The number of benzene rings is 1. The standard InChI is InChI=1S/C17H20N4O3/c1-11-7-16(20(2)10-12-8-15(22)9-12)19-17(18-11)13-3-5-14(6-4-13)21(23)24/h3-7,12,15,22H,8-10H2,1-2H3. The third kappa shape index (κ3) is 3.51. The molecule has 1 saturated carbocycles. The summed E-state index contributed by atoms with van der Waals surface area (Å²) in [6.07, 6.45) is 1.51. The van der Waals surface area contributed by atoms with Gasteiger partial charge < -0.3 is 10.0 Å². The largest absolute Gasteiger partial charge is 0.393 e. The van der Waals surface area contributed by atoms with E-state index in [9.17, 15) is 15.2 Å². The zero-order valence-corrected chi connectivity index (χ0v) is 13.7. The average molecular weight is 328 g/mol. The first kappa shape index (κ1) is 16.3. The quantitative estimate of drug-likeness (QED) is 0.670. The second-order valence-corrected chi connectivity index (χ2v) is 6.37. The molecule has 7 heteroatoms. The fraction of sp³-hybridized carbons (Fsp3) is 0.412. The van der Waals surface area contributed by atoms with Crippen LogP contribution >= 0.6 is 0 Å². The van der Waals surface area contributed by atoms with Crippen LogP contribution in [0.5, 0.6) is 0 Å². The third-order valence-corrected chi connectivity index (χ3v) is 4.31. The van der Waals surface area contributed by atoms with Gasteiger partial charge in [-0.15, -0.1) is 0 Å². The van der Waals surface area contributed by atoms with Gasteiger partial charge in [0.1, 0.15) is 5.82 Å². The van der Waals surface area contributed by atoms with E-state index < -0.39 is 4.92 Å². The van der Waals surface area contributed by atoms with Gasteiger partial charge in [0.15, 0.2) is 5.82 Å². The van der Waals surface area contributed by atoms with Gasteiger partial charge in [0, 0.05) is 43.0 Å². The van der Waals surface area contributed by atoms with E-state index in [0.717, 1.165) is 36.5 Å². The van der Waals surface area contributed by atoms with Crippen molar-refractivity contribution in [1.29, 1.82) is 0 Å². The van der Waals surface area contributed by atoms with Crippen LogP contribution in [-0.2, 0) is 0 Å². The number of nitro groups is 1. The Morgan fingerprint density at radius 3 is 2.54 bits per heavy atom. The van der Waals surface area contributed by atoms with Gasteiger partial charge in [-0.05, 0) is 37.8 Å². The molecule has 1 aromatic heterocycles. The lowest BCUT2D eigenvalue weighted by molar-refractivity contribution is -0.384. The molecule has 7 nitrogen and oxygen atoms in total. The highest BCUT2D eigenvalue weighted by atomic mass is 16.6. The number of aliphatic hydroxyl groups excluding tert-OH is 1. The fourth-order valence-corrected chi connectivity index (χ4v) is 2.94. The van der Waals surface area contributed by atoms with Gasteiger partial charge >= 0.3 is 0 Å². The zero-order chi connectivity index (χ0) is 17.3. The van der Waals surface area contributed by atoms with E-state index in [-0.39, 0.29) is 11.8 Å². The summed E-state index contributed by atoms with van der Waals surface area (Å²) in [6, 6.07) is 8.17. The van der Waals surface area contributed by atoms with E-state index in [1.54, 1.807) is 12.1 Å². The highest BCUT2D eigenvalue weighted by Gasteiger charge is 2.28. The van der Waals surface area contributed by atoms with Crippen molar-refractivity contribution in [3.8, 4) is 11.4 Å². The van der Waals surface area contributed by atoms with E-state index in [4.69, 9.17) is 0 Å². The summed E-state index contributed by atoms with van der Waals surface area (Å²) >= 11 is 0. The van der Waals surface area contributed by atoms with Gasteiger partial charge in [0.05, 0.1) is 11.0 Å². The Kier molecular flexibility index (Phi) is 4.44. The van der Waals surface area contributed by atoms with Gasteiger partial charge in [0.2, 0.25) is 0 Å². The molecule has 0 unspecified atom stereocenters. The Balaban J connectivity index is 1.81. The van der Waals surface area contributed by atoms with Crippen molar-refractivity contribution in [2.75, 3.05) is 18.5 Å². The molecule has 1 aliphatic rings. The summed E-state index contributed by atoms with van der Waals surface area (Å²) in [5.74, 6) is 1.86. The van der Waals surface area contributed by atoms with Crippen LogP contribution < -0.4 is 4.90 Å². The minimum absolute atomic E-state index is 0.0484. The number of nitrogens with zero attached hydrogens (tertiary/aromatic N) is 4. The summed E-state index contributed by atoms with van der Waals surface area (Å²) in [7, 11) is 1.98. The number of nitro benzene ring substituents is 1. The average Bonchev–Trinajstić information content (AvgIpc) is 2.53. The van der Waals surface area contributed by atoms with Crippen LogP contribution in [0.1, 0.15) is 18.5 Å². The Hall–Kier alpha value is -2.54. The number of non-ortho nitro benzene ring substituents is 1. The normalized spacial score (nSPS) is 19.6. The zero-order valence-electron chi connectivity index (χ0n) is 13.7. The van der Waals surface area contributed by atoms with Gasteiger partial charge in [-0.25, -0.2) is 9.97 Å². The lowest BCUT2D eigenvalue weighted by Gasteiger charge is -2.34. The molecule has 0 spiro atoms. The number of rotatable bonds is 5. The van der Waals surface area contributed by atoms with Crippen LogP contribution in [0.15, 0.2) is 30.3 Å². The van der Waals surface area contributed by atoms with Crippen LogP contribution in [0.4, 0.5) is 11.5 Å². The molecule has 1 fully saturated rings. The molecular formula is C17H20N4O3. The maximum Gasteiger partial charge on any atom is 0.269 e. The molecule has 126 valence electrons. The molecule has 0 saturated heterocycles. The summed E-state index contributed by atoms with van der Waals surface area (Å²) in [6.45, 7) is 2.74. The van der Waals surface area contributed by atoms with Crippen molar-refractivity contribution < 1.29 is 10.0 Å². The summed E-state index contributed by atoms with van der Waals surface area (Å²) in [4.78, 5) is 21.4. The monoisotopic (exact) mass is 328 g/mol. The lowest BCUT2D eigenvalue weighted by atomic mass is 9.82. The summed E-state index contributed by atoms with van der Waals surface area (Å²) in [5.41, 5.74) is 1.64. The molecule has 2 aromatic rings. The summed E-state index contributed by atoms with van der Waals surface area (Å²) in [5, 5.41) is 20.2. The van der Waals surface area contributed by atoms with Crippen LogP contribution in [0, 0.1) is 23.0 Å². The van der Waals surface area contributed by atoms with Gasteiger partial charge in [-0.1, -0.05) is 0 Å². The Labute approximate surface area is 140 Å². The van der Waals surface area contributed by atoms with Crippen molar-refractivity contribution in [3.63, 3.8) is 0 Å². The number of hydrogen-bond acceptors (Lipinski definition) is 6. The number of aliphatic hydroxyl groups is 1. The number of aryl methyl sites for hydroxylation is 1. The van der Waals surface area contributed by atoms with Gasteiger partial charge in [0.25, 0.3) is 5.69 Å². The number of anilines is 1. The van der Waals surface area contributed by atoms with Crippen molar-refractivity contribution >= 4 is 11.5 Å². The van der Waals surface area contributed by atoms with E-state index in [1.807, 2.05) is 20.0 Å². The van der Waals surface area contributed by atoms with E-state index in [1.165, 1.54) is 12.1 Å². The topological polar surface area (TPSA) is 92.4 Å². The highest BCUT2D eigenvalue weighted by molar-refractivity contribution is 5.59. The molecule has 0 radical (unpaired) electrons. The molecule has 3 rings (SSSR count). The van der Waals surface area contributed by atoms with Crippen molar-refractivity contribution in [3.05, 3.63) is 46.1 Å². The van der Waals surface area contributed by atoms with Crippen LogP contribution in [0.2, 0.25) is 0 Å². The molecule has 0 amide bonds. The lowest BCUT2D eigenvalue weighted by Crippen LogP contribution is -2.37. The Morgan fingerprint density at radius 1 is 1.29 bits per heavy atom. The van der Waals surface area contributed by atoms with E-state index >= 15 is 0 Å². The van der Waals surface area contributed by atoms with Crippen molar-refractivity contribution in [2.45, 2.75) is 25.9 Å². The van der Waals surface area contributed by atoms with Crippen molar-refractivity contribution in [1.82, 2.24) is 9.97 Å². The van der Waals surface area contributed by atoms with Crippen molar-refractivity contribution in [2.24, 2.45) is 5.92 Å². The molecule has 0 aliphatic heterocycles. The SMILES string of the molecule is Cc1cc(N(C)CC2CC(O)C2)nc(-c2ccc([N+](=O)[O-])cc2)n1. The maximum absolute atomic E-state index is 10.8. The summed E-state index contributed by atoms with van der Waals surface area (Å²) < 4.78 is 0. The van der Waals surface area contributed by atoms with Crippen LogP contribution in [0.3, 0.4) is 0 Å². The molecule has 1 heterocycles. The minimum Gasteiger partial charge on any atom is -0.393 e. The fourth-order valence-electron chi connectivity index (χ4n) is 2.94. The molecule has 0 atom stereocenters. The molecule has 0 bridgehead atoms. The predicted octanol–water partition coefficient (Wildman–Crippen LogP) is 2.57. The molecule has 24 heavy (non-hydrogen) atoms. The molecular weight excluding hydrogens is 308 g/mol. The number of hydrogen-bond donors (Lipinski definition) is 1. The first-order chi connectivity index (χ1) is 11.4. The van der Waals surface area contributed by atoms with E-state index in [0.29, 0.717) is 11.7 Å². The minimum atomic E-state index is -0.423. The molecule has 1 aromatic carbocycles. The number of aromatic nitrogens is 2. The second-order valence-electron chi connectivity index (χ2n) is 6.37. The smallest absolute Gasteiger partial charge is 0.269 e.